The Kier molecular flexibility index (Phi) is 5.32. The largest absolute Gasteiger partial charge is 0.311 e. The molecule has 1 aromatic rings. The first-order valence-electron chi connectivity index (χ1n) is 8.04. The fraction of sp³-hybridized carbons (Fsp3) is 0.667. The lowest BCUT2D eigenvalue weighted by molar-refractivity contribution is 0.292. The molecule has 2 rings (SSSR count). The van der Waals surface area contributed by atoms with Gasteiger partial charge in [-0.25, -0.2) is 4.39 Å². The van der Waals surface area contributed by atoms with Gasteiger partial charge in [0.1, 0.15) is 5.82 Å². The Morgan fingerprint density at radius 1 is 1.14 bits per heavy atom. The number of hydrogen-bond acceptors (Lipinski definition) is 1. The van der Waals surface area contributed by atoms with Gasteiger partial charge >= 0.3 is 0 Å². The van der Waals surface area contributed by atoms with E-state index in [0.29, 0.717) is 5.02 Å². The molecule has 0 bridgehead atoms. The van der Waals surface area contributed by atoms with E-state index in [1.807, 2.05) is 6.07 Å². The van der Waals surface area contributed by atoms with Crippen molar-refractivity contribution in [3.63, 3.8) is 0 Å². The summed E-state index contributed by atoms with van der Waals surface area (Å²) in [6, 6.07) is 5.07. The smallest absolute Gasteiger partial charge is 0.128 e. The van der Waals surface area contributed by atoms with E-state index >= 15 is 0 Å². The number of nitrogens with one attached hydrogen (secondary N) is 1. The lowest BCUT2D eigenvalue weighted by Crippen LogP contribution is -2.46. The van der Waals surface area contributed by atoms with Gasteiger partial charge in [-0.05, 0) is 45.7 Å². The van der Waals surface area contributed by atoms with Gasteiger partial charge < -0.3 is 5.32 Å². The zero-order chi connectivity index (χ0) is 15.5. The second-order valence-corrected chi connectivity index (χ2v) is 7.80. The summed E-state index contributed by atoms with van der Waals surface area (Å²) in [6.07, 6.45) is 6.80. The summed E-state index contributed by atoms with van der Waals surface area (Å²) < 4.78 is 14.5. The average molecular weight is 312 g/mol. The number of halogens is 2. The van der Waals surface area contributed by atoms with Crippen LogP contribution in [0.15, 0.2) is 18.2 Å². The lowest BCUT2D eigenvalue weighted by atomic mass is 9.73. The summed E-state index contributed by atoms with van der Waals surface area (Å²) in [4.78, 5) is 0. The second kappa shape index (κ2) is 6.66. The van der Waals surface area contributed by atoms with Crippen molar-refractivity contribution in [1.82, 2.24) is 5.32 Å². The van der Waals surface area contributed by atoms with E-state index in [2.05, 4.69) is 26.1 Å². The van der Waals surface area contributed by atoms with Crippen LogP contribution in [0.4, 0.5) is 4.39 Å². The zero-order valence-electron chi connectivity index (χ0n) is 13.4. The van der Waals surface area contributed by atoms with Crippen molar-refractivity contribution in [2.75, 3.05) is 6.54 Å². The Morgan fingerprint density at radius 2 is 1.76 bits per heavy atom. The van der Waals surface area contributed by atoms with Gasteiger partial charge in [0, 0.05) is 28.1 Å². The highest BCUT2D eigenvalue weighted by Gasteiger charge is 2.37. The van der Waals surface area contributed by atoms with Crippen molar-refractivity contribution in [1.29, 1.82) is 0 Å². The highest BCUT2D eigenvalue weighted by molar-refractivity contribution is 6.31. The first-order chi connectivity index (χ1) is 9.84. The van der Waals surface area contributed by atoms with Gasteiger partial charge in [-0.3, -0.25) is 0 Å². The minimum absolute atomic E-state index is 0.0248. The SMILES string of the molecule is CC(C)(C)NCC1(c2c(F)cccc2Cl)CCCCCC1. The average Bonchev–Trinajstić information content (AvgIpc) is 2.62. The van der Waals surface area contributed by atoms with E-state index in [4.69, 9.17) is 11.6 Å². The molecule has 0 saturated heterocycles. The summed E-state index contributed by atoms with van der Waals surface area (Å²) in [5.74, 6) is -0.153. The molecule has 0 heterocycles. The third-order valence-corrected chi connectivity index (χ3v) is 4.83. The van der Waals surface area contributed by atoms with Gasteiger partial charge in [0.2, 0.25) is 0 Å². The predicted octanol–water partition coefficient (Wildman–Crippen LogP) is 5.46. The van der Waals surface area contributed by atoms with Crippen LogP contribution in [0.25, 0.3) is 0 Å². The minimum atomic E-state index is -0.174. The molecule has 1 fully saturated rings. The maximum Gasteiger partial charge on any atom is 0.128 e. The van der Waals surface area contributed by atoms with Crippen LogP contribution >= 0.6 is 11.6 Å². The van der Waals surface area contributed by atoms with E-state index < -0.39 is 0 Å². The molecule has 21 heavy (non-hydrogen) atoms. The van der Waals surface area contributed by atoms with Crippen LogP contribution in [0.3, 0.4) is 0 Å². The molecular formula is C18H27ClFN. The number of hydrogen-bond donors (Lipinski definition) is 1. The Bertz CT molecular complexity index is 450. The van der Waals surface area contributed by atoms with Crippen LogP contribution in [0.2, 0.25) is 5.02 Å². The molecule has 0 unspecified atom stereocenters. The lowest BCUT2D eigenvalue weighted by Gasteiger charge is -2.37. The maximum absolute atomic E-state index is 14.5. The van der Waals surface area contributed by atoms with Crippen molar-refractivity contribution < 1.29 is 4.39 Å². The van der Waals surface area contributed by atoms with Crippen molar-refractivity contribution in [3.05, 3.63) is 34.6 Å². The van der Waals surface area contributed by atoms with Crippen molar-refractivity contribution in [3.8, 4) is 0 Å². The van der Waals surface area contributed by atoms with Crippen LogP contribution in [-0.4, -0.2) is 12.1 Å². The van der Waals surface area contributed by atoms with Gasteiger partial charge in [-0.1, -0.05) is 43.4 Å². The Morgan fingerprint density at radius 3 is 2.29 bits per heavy atom. The number of benzene rings is 1. The minimum Gasteiger partial charge on any atom is -0.311 e. The molecule has 0 radical (unpaired) electrons. The Hall–Kier alpha value is -0.600. The molecule has 0 spiro atoms. The summed E-state index contributed by atoms with van der Waals surface area (Å²) in [6.45, 7) is 7.25. The van der Waals surface area contributed by atoms with Crippen LogP contribution in [0, 0.1) is 5.82 Å². The monoisotopic (exact) mass is 311 g/mol. The fourth-order valence-electron chi connectivity index (χ4n) is 3.36. The first kappa shape index (κ1) is 16.8. The van der Waals surface area contributed by atoms with E-state index in [1.165, 1.54) is 12.8 Å². The highest BCUT2D eigenvalue weighted by atomic mass is 35.5. The van der Waals surface area contributed by atoms with Gasteiger partial charge in [-0.2, -0.15) is 0 Å². The molecule has 0 amide bonds. The molecule has 0 aliphatic heterocycles. The van der Waals surface area contributed by atoms with Gasteiger partial charge in [0.15, 0.2) is 0 Å². The van der Waals surface area contributed by atoms with Crippen LogP contribution < -0.4 is 5.32 Å². The van der Waals surface area contributed by atoms with Crippen LogP contribution in [0.1, 0.15) is 64.9 Å². The summed E-state index contributed by atoms with van der Waals surface area (Å²) in [5, 5.41) is 4.16. The third-order valence-electron chi connectivity index (χ3n) is 4.51. The Balaban J connectivity index is 2.39. The Labute approximate surface area is 133 Å². The fourth-order valence-corrected chi connectivity index (χ4v) is 3.72. The molecule has 1 aliphatic carbocycles. The van der Waals surface area contributed by atoms with E-state index in [0.717, 1.165) is 37.8 Å². The van der Waals surface area contributed by atoms with E-state index in [1.54, 1.807) is 12.1 Å². The molecule has 1 aliphatic rings. The van der Waals surface area contributed by atoms with Gasteiger partial charge in [-0.15, -0.1) is 0 Å². The summed E-state index contributed by atoms with van der Waals surface area (Å²) in [7, 11) is 0. The summed E-state index contributed by atoms with van der Waals surface area (Å²) in [5.41, 5.74) is 0.578. The van der Waals surface area contributed by atoms with Crippen molar-refractivity contribution >= 4 is 11.6 Å². The van der Waals surface area contributed by atoms with Crippen molar-refractivity contribution in [2.45, 2.75) is 70.3 Å². The second-order valence-electron chi connectivity index (χ2n) is 7.39. The standard InChI is InChI=1S/C18H27ClFN/c1-17(2,3)21-13-18(11-6-4-5-7-12-18)16-14(19)9-8-10-15(16)20/h8-10,21H,4-7,11-13H2,1-3H3. The molecule has 1 nitrogen and oxygen atoms in total. The molecular weight excluding hydrogens is 285 g/mol. The normalized spacial score (nSPS) is 19.3. The van der Waals surface area contributed by atoms with Crippen molar-refractivity contribution in [2.24, 2.45) is 0 Å². The number of rotatable bonds is 3. The topological polar surface area (TPSA) is 12.0 Å². The molecule has 0 atom stereocenters. The molecule has 3 heteroatoms. The van der Waals surface area contributed by atoms with E-state index in [-0.39, 0.29) is 16.8 Å². The van der Waals surface area contributed by atoms with Gasteiger partial charge in [0.05, 0.1) is 0 Å². The van der Waals surface area contributed by atoms with Crippen LogP contribution in [0.5, 0.6) is 0 Å². The van der Waals surface area contributed by atoms with Gasteiger partial charge in [0.25, 0.3) is 0 Å². The maximum atomic E-state index is 14.5. The quantitative estimate of drug-likeness (QED) is 0.731. The third kappa shape index (κ3) is 4.20. The molecule has 1 saturated carbocycles. The molecule has 1 N–H and O–H groups in total. The molecule has 1 aromatic carbocycles. The zero-order valence-corrected chi connectivity index (χ0v) is 14.2. The van der Waals surface area contributed by atoms with Crippen LogP contribution in [-0.2, 0) is 5.41 Å². The first-order valence-corrected chi connectivity index (χ1v) is 8.41. The predicted molar refractivity (Wildman–Crippen MR) is 88.5 cm³/mol. The van der Waals surface area contributed by atoms with E-state index in [9.17, 15) is 4.39 Å². The molecule has 0 aromatic heterocycles. The summed E-state index contributed by atoms with van der Waals surface area (Å²) >= 11 is 6.39. The molecule has 118 valence electrons. The highest BCUT2D eigenvalue weighted by Crippen LogP contribution is 2.42.